The molecule has 2 rings (SSSR count). The van der Waals surface area contributed by atoms with Crippen LogP contribution in [0.5, 0.6) is 0 Å². The summed E-state index contributed by atoms with van der Waals surface area (Å²) in [5.41, 5.74) is -1.31. The zero-order chi connectivity index (χ0) is 15.7. The maximum atomic E-state index is 12.7. The Bertz CT molecular complexity index is 540. The number of alkyl halides is 3. The Balaban J connectivity index is 2.22. The van der Waals surface area contributed by atoms with Gasteiger partial charge in [0.25, 0.3) is 5.91 Å². The molecule has 1 amide bonds. The van der Waals surface area contributed by atoms with Gasteiger partial charge in [0.1, 0.15) is 0 Å². The van der Waals surface area contributed by atoms with Gasteiger partial charge < -0.3 is 10.1 Å². The van der Waals surface area contributed by atoms with Gasteiger partial charge in [0.2, 0.25) is 0 Å². The van der Waals surface area contributed by atoms with Gasteiger partial charge in [0, 0.05) is 23.2 Å². The smallest absolute Gasteiger partial charge is 0.381 e. The van der Waals surface area contributed by atoms with Crippen molar-refractivity contribution >= 4 is 21.8 Å². The maximum absolute atomic E-state index is 12.7. The molecule has 1 saturated heterocycles. The zero-order valence-corrected chi connectivity index (χ0v) is 13.0. The fraction of sp³-hybridized carbons (Fsp3) is 0.500. The van der Waals surface area contributed by atoms with Crippen molar-refractivity contribution < 1.29 is 22.7 Å². The molecule has 0 bridgehead atoms. The summed E-state index contributed by atoms with van der Waals surface area (Å²) in [6, 6.07) is 3.04. The standard InChI is InChI=1S/C14H15BrF3NO2/c1-13(4-6-21-7-5-13)19-12(20)10-8-9(14(16,17)18)2-3-11(10)15/h2-3,8H,4-7H2,1H3,(H,19,20). The minimum atomic E-state index is -4.47. The van der Waals surface area contributed by atoms with Crippen molar-refractivity contribution in [2.24, 2.45) is 0 Å². The topological polar surface area (TPSA) is 38.3 Å². The van der Waals surface area contributed by atoms with Gasteiger partial charge in [0.05, 0.1) is 11.1 Å². The number of ether oxygens (including phenoxy) is 1. The van der Waals surface area contributed by atoms with Crippen molar-refractivity contribution in [3.8, 4) is 0 Å². The van der Waals surface area contributed by atoms with Crippen LogP contribution in [-0.4, -0.2) is 24.7 Å². The first-order chi connectivity index (χ1) is 9.71. The van der Waals surface area contributed by atoms with Gasteiger partial charge >= 0.3 is 6.18 Å². The summed E-state index contributed by atoms with van der Waals surface area (Å²) in [5, 5.41) is 2.81. The fourth-order valence-electron chi connectivity index (χ4n) is 2.16. The quantitative estimate of drug-likeness (QED) is 0.866. The van der Waals surface area contributed by atoms with Crippen LogP contribution in [0.25, 0.3) is 0 Å². The average molecular weight is 366 g/mol. The van der Waals surface area contributed by atoms with Crippen molar-refractivity contribution in [1.29, 1.82) is 0 Å². The molecule has 0 radical (unpaired) electrons. The van der Waals surface area contributed by atoms with Crippen LogP contribution in [0.2, 0.25) is 0 Å². The first-order valence-corrected chi connectivity index (χ1v) is 7.28. The van der Waals surface area contributed by atoms with Crippen LogP contribution in [0.4, 0.5) is 13.2 Å². The molecule has 0 atom stereocenters. The lowest BCUT2D eigenvalue weighted by molar-refractivity contribution is -0.137. The number of hydrogen-bond donors (Lipinski definition) is 1. The number of carbonyl (C=O) groups excluding carboxylic acids is 1. The van der Waals surface area contributed by atoms with Gasteiger partial charge in [-0.05, 0) is 53.9 Å². The lowest BCUT2D eigenvalue weighted by Gasteiger charge is -2.34. The monoisotopic (exact) mass is 365 g/mol. The molecule has 0 aliphatic carbocycles. The molecule has 1 aromatic rings. The molecule has 7 heteroatoms. The zero-order valence-electron chi connectivity index (χ0n) is 11.4. The largest absolute Gasteiger partial charge is 0.416 e. The van der Waals surface area contributed by atoms with Gasteiger partial charge in [-0.25, -0.2) is 0 Å². The van der Waals surface area contributed by atoms with Crippen molar-refractivity contribution in [2.45, 2.75) is 31.5 Å². The van der Waals surface area contributed by atoms with Crippen LogP contribution < -0.4 is 5.32 Å². The van der Waals surface area contributed by atoms with Gasteiger partial charge in [-0.2, -0.15) is 13.2 Å². The van der Waals surface area contributed by atoms with E-state index in [1.54, 1.807) is 0 Å². The molecule has 0 unspecified atom stereocenters. The van der Waals surface area contributed by atoms with Gasteiger partial charge in [0.15, 0.2) is 0 Å². The van der Waals surface area contributed by atoms with E-state index in [0.29, 0.717) is 30.5 Å². The third-order valence-electron chi connectivity index (χ3n) is 3.55. The number of benzene rings is 1. The molecule has 1 heterocycles. The van der Waals surface area contributed by atoms with Crippen molar-refractivity contribution in [3.05, 3.63) is 33.8 Å². The molecule has 0 aromatic heterocycles. The highest BCUT2D eigenvalue weighted by molar-refractivity contribution is 9.10. The highest BCUT2D eigenvalue weighted by Gasteiger charge is 2.33. The lowest BCUT2D eigenvalue weighted by Crippen LogP contribution is -2.49. The predicted octanol–water partition coefficient (Wildman–Crippen LogP) is 3.77. The lowest BCUT2D eigenvalue weighted by atomic mass is 9.92. The Labute approximate surface area is 129 Å². The molecule has 1 fully saturated rings. The van der Waals surface area contributed by atoms with Crippen molar-refractivity contribution in [2.75, 3.05) is 13.2 Å². The van der Waals surface area contributed by atoms with E-state index in [1.165, 1.54) is 6.07 Å². The van der Waals surface area contributed by atoms with Crippen molar-refractivity contribution in [3.63, 3.8) is 0 Å². The van der Waals surface area contributed by atoms with Crippen LogP contribution in [0.15, 0.2) is 22.7 Å². The normalized spacial score (nSPS) is 18.3. The first kappa shape index (κ1) is 16.3. The van der Waals surface area contributed by atoms with E-state index in [2.05, 4.69) is 21.2 Å². The summed E-state index contributed by atoms with van der Waals surface area (Å²) in [7, 11) is 0. The number of hydrogen-bond acceptors (Lipinski definition) is 2. The van der Waals surface area contributed by atoms with E-state index in [0.717, 1.165) is 12.1 Å². The summed E-state index contributed by atoms with van der Waals surface area (Å²) in [4.78, 5) is 12.3. The van der Waals surface area contributed by atoms with Crippen molar-refractivity contribution in [1.82, 2.24) is 5.32 Å². The van der Waals surface area contributed by atoms with Gasteiger partial charge in [-0.1, -0.05) is 0 Å². The summed E-state index contributed by atoms with van der Waals surface area (Å²) < 4.78 is 43.8. The number of nitrogens with one attached hydrogen (secondary N) is 1. The third-order valence-corrected chi connectivity index (χ3v) is 4.24. The number of carbonyl (C=O) groups is 1. The third kappa shape index (κ3) is 3.97. The Morgan fingerprint density at radius 1 is 1.33 bits per heavy atom. The van der Waals surface area contributed by atoms with E-state index in [-0.39, 0.29) is 5.56 Å². The van der Waals surface area contributed by atoms with Crippen LogP contribution in [-0.2, 0) is 10.9 Å². The number of amides is 1. The SMILES string of the molecule is CC1(NC(=O)c2cc(C(F)(F)F)ccc2Br)CCOCC1. The Morgan fingerprint density at radius 3 is 2.52 bits per heavy atom. The maximum Gasteiger partial charge on any atom is 0.416 e. The van der Waals surface area contributed by atoms with E-state index in [1.807, 2.05) is 6.92 Å². The van der Waals surface area contributed by atoms with E-state index in [9.17, 15) is 18.0 Å². The molecule has 1 aromatic carbocycles. The summed E-state index contributed by atoms with van der Waals surface area (Å²) >= 11 is 3.13. The molecule has 116 valence electrons. The second-order valence-electron chi connectivity index (χ2n) is 5.32. The average Bonchev–Trinajstić information content (AvgIpc) is 2.38. The van der Waals surface area contributed by atoms with Crippen LogP contribution in [0, 0.1) is 0 Å². The van der Waals surface area contributed by atoms with E-state index in [4.69, 9.17) is 4.74 Å². The molecule has 1 aliphatic heterocycles. The van der Waals surface area contributed by atoms with E-state index >= 15 is 0 Å². The Kier molecular flexibility index (Phi) is 4.63. The molecule has 1 aliphatic rings. The predicted molar refractivity (Wildman–Crippen MR) is 75.1 cm³/mol. The molecular weight excluding hydrogens is 351 g/mol. The van der Waals surface area contributed by atoms with Gasteiger partial charge in [-0.15, -0.1) is 0 Å². The molecular formula is C14H15BrF3NO2. The minimum absolute atomic E-state index is 0.0162. The molecule has 1 N–H and O–H groups in total. The molecule has 0 saturated carbocycles. The summed E-state index contributed by atoms with van der Waals surface area (Å²) in [6.07, 6.45) is -3.21. The van der Waals surface area contributed by atoms with Gasteiger partial charge in [-0.3, -0.25) is 4.79 Å². The molecule has 0 spiro atoms. The minimum Gasteiger partial charge on any atom is -0.381 e. The molecule has 21 heavy (non-hydrogen) atoms. The second-order valence-corrected chi connectivity index (χ2v) is 6.17. The second kappa shape index (κ2) is 5.96. The molecule has 3 nitrogen and oxygen atoms in total. The number of rotatable bonds is 2. The highest BCUT2D eigenvalue weighted by atomic mass is 79.9. The highest BCUT2D eigenvalue weighted by Crippen LogP contribution is 2.32. The van der Waals surface area contributed by atoms with E-state index < -0.39 is 23.2 Å². The van der Waals surface area contributed by atoms with Crippen LogP contribution >= 0.6 is 15.9 Å². The summed E-state index contributed by atoms with van der Waals surface area (Å²) in [6.45, 7) is 2.93. The van der Waals surface area contributed by atoms with Crippen LogP contribution in [0.1, 0.15) is 35.7 Å². The Morgan fingerprint density at radius 2 is 1.95 bits per heavy atom. The van der Waals surface area contributed by atoms with Crippen LogP contribution in [0.3, 0.4) is 0 Å². The summed E-state index contributed by atoms with van der Waals surface area (Å²) in [5.74, 6) is -0.516. The Hall–Kier alpha value is -1.08. The number of halogens is 4. The first-order valence-electron chi connectivity index (χ1n) is 6.48. The fourth-order valence-corrected chi connectivity index (χ4v) is 2.59.